The average Bonchev–Trinajstić information content (AvgIpc) is 2.78. The second-order valence-corrected chi connectivity index (χ2v) is 5.66. The van der Waals surface area contributed by atoms with Crippen LogP contribution in [0, 0.1) is 5.82 Å². The summed E-state index contributed by atoms with van der Waals surface area (Å²) in [5.41, 5.74) is 7.16. The summed E-state index contributed by atoms with van der Waals surface area (Å²) >= 11 is 0. The van der Waals surface area contributed by atoms with Gasteiger partial charge < -0.3 is 10.6 Å². The molecule has 0 saturated carbocycles. The van der Waals surface area contributed by atoms with E-state index in [0.29, 0.717) is 19.1 Å². The lowest BCUT2D eigenvalue weighted by atomic mass is 10.1. The van der Waals surface area contributed by atoms with Crippen LogP contribution in [-0.2, 0) is 13.1 Å². The van der Waals surface area contributed by atoms with Crippen LogP contribution in [0.4, 0.5) is 4.39 Å². The van der Waals surface area contributed by atoms with Crippen LogP contribution in [0.1, 0.15) is 24.0 Å². The van der Waals surface area contributed by atoms with Crippen molar-refractivity contribution in [1.82, 2.24) is 9.80 Å². The number of nitrogens with two attached hydrogens (primary N) is 1. The van der Waals surface area contributed by atoms with Crippen LogP contribution in [0.25, 0.3) is 0 Å². The first-order chi connectivity index (χ1) is 9.10. The molecule has 0 radical (unpaired) electrons. The van der Waals surface area contributed by atoms with E-state index in [2.05, 4.69) is 23.9 Å². The second-order valence-electron chi connectivity index (χ2n) is 5.66. The molecule has 1 unspecified atom stereocenters. The van der Waals surface area contributed by atoms with Gasteiger partial charge in [-0.05, 0) is 45.1 Å². The Morgan fingerprint density at radius 2 is 2.21 bits per heavy atom. The fourth-order valence-electron chi connectivity index (χ4n) is 2.80. The smallest absolute Gasteiger partial charge is 0.128 e. The van der Waals surface area contributed by atoms with Gasteiger partial charge in [-0.25, -0.2) is 4.39 Å². The van der Waals surface area contributed by atoms with Crippen LogP contribution < -0.4 is 5.73 Å². The van der Waals surface area contributed by atoms with Gasteiger partial charge in [0.1, 0.15) is 5.82 Å². The summed E-state index contributed by atoms with van der Waals surface area (Å²) in [5, 5.41) is 0. The Morgan fingerprint density at radius 3 is 2.84 bits per heavy atom. The summed E-state index contributed by atoms with van der Waals surface area (Å²) in [5.74, 6) is -0.126. The normalized spacial score (nSPS) is 20.4. The molecule has 1 saturated heterocycles. The minimum absolute atomic E-state index is 0.126. The third-order valence-corrected chi connectivity index (χ3v) is 3.80. The van der Waals surface area contributed by atoms with Crippen molar-refractivity contribution in [2.75, 3.05) is 27.2 Å². The number of nitrogens with zero attached hydrogens (tertiary/aromatic N) is 2. The summed E-state index contributed by atoms with van der Waals surface area (Å²) in [4.78, 5) is 4.59. The summed E-state index contributed by atoms with van der Waals surface area (Å²) < 4.78 is 14.0. The summed E-state index contributed by atoms with van der Waals surface area (Å²) in [6, 6.07) is 5.91. The molecule has 1 fully saturated rings. The van der Waals surface area contributed by atoms with Gasteiger partial charge in [-0.15, -0.1) is 0 Å². The third-order valence-electron chi connectivity index (χ3n) is 3.80. The van der Waals surface area contributed by atoms with Crippen molar-refractivity contribution in [1.29, 1.82) is 0 Å². The molecule has 1 heterocycles. The van der Waals surface area contributed by atoms with Crippen LogP contribution in [0.3, 0.4) is 0 Å². The first-order valence-electron chi connectivity index (χ1n) is 6.96. The van der Waals surface area contributed by atoms with Crippen molar-refractivity contribution in [2.45, 2.75) is 32.0 Å². The van der Waals surface area contributed by atoms with Gasteiger partial charge in [0.15, 0.2) is 0 Å². The van der Waals surface area contributed by atoms with Gasteiger partial charge in [-0.2, -0.15) is 0 Å². The number of hydrogen-bond donors (Lipinski definition) is 1. The lowest BCUT2D eigenvalue weighted by molar-refractivity contribution is 0.199. The Bertz CT molecular complexity index is 420. The molecular weight excluding hydrogens is 241 g/mol. The average molecular weight is 265 g/mol. The number of rotatable bonds is 5. The molecule has 0 amide bonds. The molecule has 0 bridgehead atoms. The van der Waals surface area contributed by atoms with Gasteiger partial charge in [-0.3, -0.25) is 4.90 Å². The van der Waals surface area contributed by atoms with Crippen LogP contribution >= 0.6 is 0 Å². The predicted molar refractivity (Wildman–Crippen MR) is 76.3 cm³/mol. The molecule has 19 heavy (non-hydrogen) atoms. The molecule has 0 spiro atoms. The van der Waals surface area contributed by atoms with E-state index in [-0.39, 0.29) is 5.82 Å². The molecule has 1 aliphatic heterocycles. The zero-order chi connectivity index (χ0) is 13.8. The molecule has 2 rings (SSSR count). The van der Waals surface area contributed by atoms with E-state index >= 15 is 0 Å². The van der Waals surface area contributed by atoms with Gasteiger partial charge in [0.25, 0.3) is 0 Å². The lowest BCUT2D eigenvalue weighted by Gasteiger charge is -2.27. The molecular formula is C15H24FN3. The van der Waals surface area contributed by atoms with Gasteiger partial charge in [0.2, 0.25) is 0 Å². The monoisotopic (exact) mass is 265 g/mol. The Labute approximate surface area is 115 Å². The maximum absolute atomic E-state index is 14.0. The first kappa shape index (κ1) is 14.4. The number of likely N-dealkylation sites (N-methyl/N-ethyl adjacent to an activating group) is 1. The molecule has 1 atom stereocenters. The molecule has 4 heteroatoms. The number of hydrogen-bond acceptors (Lipinski definition) is 3. The predicted octanol–water partition coefficient (Wildman–Crippen LogP) is 1.81. The summed E-state index contributed by atoms with van der Waals surface area (Å²) in [7, 11) is 4.18. The SMILES string of the molecule is CN(C)CC1CCCN1Cc1ccc(CN)cc1F. The number of benzene rings is 1. The van der Waals surface area contributed by atoms with E-state index in [1.54, 1.807) is 6.07 Å². The highest BCUT2D eigenvalue weighted by atomic mass is 19.1. The second kappa shape index (κ2) is 6.46. The molecule has 1 aliphatic rings. The Morgan fingerprint density at radius 1 is 1.42 bits per heavy atom. The molecule has 1 aromatic rings. The van der Waals surface area contributed by atoms with E-state index in [9.17, 15) is 4.39 Å². The molecule has 1 aromatic carbocycles. The molecule has 106 valence electrons. The lowest BCUT2D eigenvalue weighted by Crippen LogP contribution is -2.37. The standard InChI is InChI=1S/C15H24FN3/c1-18(2)11-14-4-3-7-19(14)10-13-6-5-12(9-17)8-15(13)16/h5-6,8,14H,3-4,7,9-11,17H2,1-2H3. The minimum atomic E-state index is -0.126. The number of halogens is 1. The zero-order valence-electron chi connectivity index (χ0n) is 11.9. The van der Waals surface area contributed by atoms with Gasteiger partial charge in [-0.1, -0.05) is 12.1 Å². The zero-order valence-corrected chi connectivity index (χ0v) is 11.9. The van der Waals surface area contributed by atoms with Crippen LogP contribution in [0.2, 0.25) is 0 Å². The van der Waals surface area contributed by atoms with Gasteiger partial charge in [0.05, 0.1) is 0 Å². The van der Waals surface area contributed by atoms with Crippen molar-refractivity contribution < 1.29 is 4.39 Å². The number of likely N-dealkylation sites (tertiary alicyclic amines) is 1. The molecule has 0 aliphatic carbocycles. The first-order valence-corrected chi connectivity index (χ1v) is 6.96. The van der Waals surface area contributed by atoms with E-state index in [0.717, 1.165) is 24.2 Å². The van der Waals surface area contributed by atoms with E-state index < -0.39 is 0 Å². The highest BCUT2D eigenvalue weighted by Gasteiger charge is 2.25. The van der Waals surface area contributed by atoms with Crippen molar-refractivity contribution in [3.05, 3.63) is 35.1 Å². The molecule has 2 N–H and O–H groups in total. The van der Waals surface area contributed by atoms with Crippen molar-refractivity contribution in [3.8, 4) is 0 Å². The summed E-state index contributed by atoms with van der Waals surface area (Å²) in [6.07, 6.45) is 2.42. The van der Waals surface area contributed by atoms with E-state index in [1.807, 2.05) is 12.1 Å². The highest BCUT2D eigenvalue weighted by molar-refractivity contribution is 5.24. The van der Waals surface area contributed by atoms with Crippen molar-refractivity contribution in [2.24, 2.45) is 5.73 Å². The van der Waals surface area contributed by atoms with E-state index in [1.165, 1.54) is 12.8 Å². The molecule has 3 nitrogen and oxygen atoms in total. The summed E-state index contributed by atoms with van der Waals surface area (Å²) in [6.45, 7) is 3.21. The largest absolute Gasteiger partial charge is 0.326 e. The fourth-order valence-corrected chi connectivity index (χ4v) is 2.80. The van der Waals surface area contributed by atoms with Crippen molar-refractivity contribution >= 4 is 0 Å². The molecule has 0 aromatic heterocycles. The quantitative estimate of drug-likeness (QED) is 0.881. The maximum Gasteiger partial charge on any atom is 0.128 e. The Balaban J connectivity index is 2.03. The van der Waals surface area contributed by atoms with Crippen molar-refractivity contribution in [3.63, 3.8) is 0 Å². The van der Waals surface area contributed by atoms with Crippen LogP contribution in [0.5, 0.6) is 0 Å². The Hall–Kier alpha value is -0.970. The van der Waals surface area contributed by atoms with Gasteiger partial charge in [0, 0.05) is 31.2 Å². The van der Waals surface area contributed by atoms with Gasteiger partial charge >= 0.3 is 0 Å². The van der Waals surface area contributed by atoms with Crippen LogP contribution in [0.15, 0.2) is 18.2 Å². The fraction of sp³-hybridized carbons (Fsp3) is 0.600. The highest BCUT2D eigenvalue weighted by Crippen LogP contribution is 2.22. The Kier molecular flexibility index (Phi) is 4.91. The minimum Gasteiger partial charge on any atom is -0.326 e. The third kappa shape index (κ3) is 3.75. The van der Waals surface area contributed by atoms with E-state index in [4.69, 9.17) is 5.73 Å². The maximum atomic E-state index is 14.0. The topological polar surface area (TPSA) is 32.5 Å². The van der Waals surface area contributed by atoms with Crippen LogP contribution in [-0.4, -0.2) is 43.0 Å².